The maximum atomic E-state index is 12.1. The largest absolute Gasteiger partial charge is 0.296 e. The van der Waals surface area contributed by atoms with Crippen LogP contribution in [0.3, 0.4) is 0 Å². The molecule has 124 valence electrons. The van der Waals surface area contributed by atoms with E-state index in [0.717, 1.165) is 16.9 Å². The van der Waals surface area contributed by atoms with Crippen molar-refractivity contribution in [1.29, 1.82) is 0 Å². The molecule has 7 nitrogen and oxygen atoms in total. The number of rotatable bonds is 4. The van der Waals surface area contributed by atoms with E-state index in [1.807, 2.05) is 19.1 Å². The van der Waals surface area contributed by atoms with Crippen LogP contribution in [-0.4, -0.2) is 30.1 Å². The third-order valence-corrected chi connectivity index (χ3v) is 5.58. The lowest BCUT2D eigenvalue weighted by Crippen LogP contribution is -2.40. The zero-order valence-corrected chi connectivity index (χ0v) is 14.9. The highest BCUT2D eigenvalue weighted by Gasteiger charge is 2.26. The number of nitrogens with one attached hydrogen (secondary N) is 2. The third-order valence-electron chi connectivity index (χ3n) is 2.61. The first-order chi connectivity index (χ1) is 10.6. The molecule has 9 heteroatoms. The predicted octanol–water partition coefficient (Wildman–Crippen LogP) is 2.18. The van der Waals surface area contributed by atoms with E-state index in [-0.39, 0.29) is 15.4 Å². The van der Waals surface area contributed by atoms with Crippen molar-refractivity contribution in [3.63, 3.8) is 0 Å². The van der Waals surface area contributed by atoms with Gasteiger partial charge in [0.25, 0.3) is 15.9 Å². The quantitative estimate of drug-likeness (QED) is 0.820. The Bertz CT molecular complexity index is 805. The second-order valence-corrected chi connectivity index (χ2v) is 8.88. The van der Waals surface area contributed by atoms with E-state index in [0.29, 0.717) is 5.56 Å². The molecule has 0 aliphatic heterocycles. The molecule has 0 atom stereocenters. The van der Waals surface area contributed by atoms with Gasteiger partial charge in [-0.25, -0.2) is 13.1 Å². The summed E-state index contributed by atoms with van der Waals surface area (Å²) < 4.78 is 26.6. The molecular formula is C14H18N4O3S2. The highest BCUT2D eigenvalue weighted by molar-refractivity contribution is 7.91. The smallest absolute Gasteiger partial charge is 0.270 e. The van der Waals surface area contributed by atoms with Gasteiger partial charge in [-0.05, 0) is 39.8 Å². The van der Waals surface area contributed by atoms with E-state index >= 15 is 0 Å². The van der Waals surface area contributed by atoms with E-state index in [1.54, 1.807) is 32.9 Å². The maximum absolute atomic E-state index is 12.1. The molecule has 23 heavy (non-hydrogen) atoms. The fraction of sp³-hybridized carbons (Fsp3) is 0.357. The molecule has 1 amide bonds. The van der Waals surface area contributed by atoms with Gasteiger partial charge in [0.2, 0.25) is 9.47 Å². The molecule has 0 spiro atoms. The Balaban J connectivity index is 2.13. The number of anilines is 1. The molecule has 2 rings (SSSR count). The molecule has 2 aromatic rings. The zero-order valence-electron chi connectivity index (χ0n) is 13.2. The van der Waals surface area contributed by atoms with Gasteiger partial charge in [-0.1, -0.05) is 29.0 Å². The summed E-state index contributed by atoms with van der Waals surface area (Å²) in [7, 11) is -3.76. The van der Waals surface area contributed by atoms with Crippen LogP contribution in [-0.2, 0) is 10.0 Å². The first-order valence-electron chi connectivity index (χ1n) is 6.82. The molecule has 0 bridgehead atoms. The van der Waals surface area contributed by atoms with Crippen molar-refractivity contribution in [1.82, 2.24) is 14.9 Å². The minimum atomic E-state index is -3.76. The molecular weight excluding hydrogens is 336 g/mol. The van der Waals surface area contributed by atoms with Gasteiger partial charge in [0, 0.05) is 11.1 Å². The summed E-state index contributed by atoms with van der Waals surface area (Å²) >= 11 is 0.802. The molecule has 0 saturated heterocycles. The molecule has 2 N–H and O–H groups in total. The van der Waals surface area contributed by atoms with Crippen LogP contribution in [0.15, 0.2) is 28.6 Å². The zero-order chi connectivity index (χ0) is 17.3. The fourth-order valence-corrected chi connectivity index (χ4v) is 4.00. The van der Waals surface area contributed by atoms with Gasteiger partial charge in [0.1, 0.15) is 0 Å². The average Bonchev–Trinajstić information content (AvgIpc) is 2.86. The van der Waals surface area contributed by atoms with Crippen LogP contribution in [0.25, 0.3) is 0 Å². The Morgan fingerprint density at radius 3 is 2.30 bits per heavy atom. The number of sulfonamides is 1. The fourth-order valence-electron chi connectivity index (χ4n) is 1.69. The van der Waals surface area contributed by atoms with E-state index in [2.05, 4.69) is 20.2 Å². The molecule has 1 heterocycles. The standard InChI is InChI=1S/C14H18N4O3S2/c1-9-5-7-10(8-6-9)11(19)15-12-16-17-13(22-12)23(20,21)18-14(2,3)4/h5-8,18H,1-4H3,(H,15,16,19). The van der Waals surface area contributed by atoms with Crippen molar-refractivity contribution in [3.05, 3.63) is 35.4 Å². The summed E-state index contributed by atoms with van der Waals surface area (Å²) in [6, 6.07) is 7.01. The minimum absolute atomic E-state index is 0.129. The molecule has 0 saturated carbocycles. The topological polar surface area (TPSA) is 101 Å². The molecule has 0 fully saturated rings. The first-order valence-corrected chi connectivity index (χ1v) is 9.12. The summed E-state index contributed by atoms with van der Waals surface area (Å²) in [6.07, 6.45) is 0. The van der Waals surface area contributed by atoms with E-state index in [1.165, 1.54) is 0 Å². The summed E-state index contributed by atoms with van der Waals surface area (Å²) in [5, 5.41) is 10.0. The van der Waals surface area contributed by atoms with Gasteiger partial charge in [0.15, 0.2) is 0 Å². The Morgan fingerprint density at radius 1 is 1.13 bits per heavy atom. The van der Waals surface area contributed by atoms with Crippen LogP contribution in [0, 0.1) is 6.92 Å². The summed E-state index contributed by atoms with van der Waals surface area (Å²) in [5.41, 5.74) is 0.873. The molecule has 0 aliphatic rings. The number of aromatic nitrogens is 2. The number of nitrogens with zero attached hydrogens (tertiary/aromatic N) is 2. The summed E-state index contributed by atoms with van der Waals surface area (Å²) in [4.78, 5) is 12.1. The van der Waals surface area contributed by atoms with E-state index < -0.39 is 15.6 Å². The number of carbonyl (C=O) groups excluding carboxylic acids is 1. The Hall–Kier alpha value is -1.84. The highest BCUT2D eigenvalue weighted by atomic mass is 32.2. The van der Waals surface area contributed by atoms with Crippen LogP contribution in [0.1, 0.15) is 36.7 Å². The Morgan fingerprint density at radius 2 is 1.74 bits per heavy atom. The van der Waals surface area contributed by atoms with Crippen LogP contribution < -0.4 is 10.0 Å². The number of carbonyl (C=O) groups is 1. The number of amides is 1. The summed E-state index contributed by atoms with van der Waals surface area (Å²) in [6.45, 7) is 7.11. The highest BCUT2D eigenvalue weighted by Crippen LogP contribution is 2.21. The Labute approximate surface area is 139 Å². The molecule has 0 unspecified atom stereocenters. The van der Waals surface area contributed by atoms with Gasteiger partial charge >= 0.3 is 0 Å². The number of aryl methyl sites for hydroxylation is 1. The van der Waals surface area contributed by atoms with Gasteiger partial charge in [-0.2, -0.15) is 0 Å². The van der Waals surface area contributed by atoms with Gasteiger partial charge in [-0.3, -0.25) is 10.1 Å². The second-order valence-electron chi connectivity index (χ2n) is 6.05. The average molecular weight is 354 g/mol. The molecule has 1 aromatic carbocycles. The van der Waals surface area contributed by atoms with Crippen molar-refractivity contribution in [2.24, 2.45) is 0 Å². The normalized spacial score (nSPS) is 12.2. The van der Waals surface area contributed by atoms with Gasteiger partial charge in [-0.15, -0.1) is 10.2 Å². The molecule has 0 aliphatic carbocycles. The van der Waals surface area contributed by atoms with E-state index in [9.17, 15) is 13.2 Å². The van der Waals surface area contributed by atoms with Crippen LogP contribution in [0.5, 0.6) is 0 Å². The lowest BCUT2D eigenvalue weighted by atomic mass is 10.1. The van der Waals surface area contributed by atoms with Crippen LogP contribution >= 0.6 is 11.3 Å². The lowest BCUT2D eigenvalue weighted by molar-refractivity contribution is 0.102. The van der Waals surface area contributed by atoms with Crippen LogP contribution in [0.4, 0.5) is 5.13 Å². The SMILES string of the molecule is Cc1ccc(C(=O)Nc2nnc(S(=O)(=O)NC(C)(C)C)s2)cc1. The van der Waals surface area contributed by atoms with Gasteiger partial charge in [0.05, 0.1) is 0 Å². The molecule has 1 aromatic heterocycles. The van der Waals surface area contributed by atoms with Crippen molar-refractivity contribution >= 4 is 32.4 Å². The lowest BCUT2D eigenvalue weighted by Gasteiger charge is -2.18. The number of benzene rings is 1. The van der Waals surface area contributed by atoms with Crippen molar-refractivity contribution in [3.8, 4) is 0 Å². The molecule has 0 radical (unpaired) electrons. The Kier molecular flexibility index (Phi) is 4.83. The number of hydrogen-bond acceptors (Lipinski definition) is 6. The predicted molar refractivity (Wildman–Crippen MR) is 89.1 cm³/mol. The van der Waals surface area contributed by atoms with E-state index in [4.69, 9.17) is 0 Å². The minimum Gasteiger partial charge on any atom is -0.296 e. The van der Waals surface area contributed by atoms with Crippen molar-refractivity contribution < 1.29 is 13.2 Å². The maximum Gasteiger partial charge on any atom is 0.270 e. The third kappa shape index (κ3) is 4.81. The van der Waals surface area contributed by atoms with Gasteiger partial charge < -0.3 is 0 Å². The van der Waals surface area contributed by atoms with Crippen LogP contribution in [0.2, 0.25) is 0 Å². The second kappa shape index (κ2) is 6.34. The van der Waals surface area contributed by atoms with Crippen molar-refractivity contribution in [2.75, 3.05) is 5.32 Å². The summed E-state index contributed by atoms with van der Waals surface area (Å²) in [5.74, 6) is -0.367. The number of hydrogen-bond donors (Lipinski definition) is 2. The van der Waals surface area contributed by atoms with Crippen molar-refractivity contribution in [2.45, 2.75) is 37.6 Å². The monoisotopic (exact) mass is 354 g/mol. The first kappa shape index (κ1) is 17.5.